The molecule has 1 N–H and O–H groups in total. The third-order valence-corrected chi connectivity index (χ3v) is 5.34. The van der Waals surface area contributed by atoms with Gasteiger partial charge in [0.25, 0.3) is 0 Å². The topological polar surface area (TPSA) is 15.3 Å². The van der Waals surface area contributed by atoms with Crippen LogP contribution in [0.2, 0.25) is 4.34 Å². The first-order valence-corrected chi connectivity index (χ1v) is 8.78. The van der Waals surface area contributed by atoms with Gasteiger partial charge in [-0.05, 0) is 43.5 Å². The summed E-state index contributed by atoms with van der Waals surface area (Å²) in [6.45, 7) is 3.34. The van der Waals surface area contributed by atoms with Crippen LogP contribution in [0.15, 0.2) is 42.5 Å². The summed E-state index contributed by atoms with van der Waals surface area (Å²) in [5.74, 6) is 0. The van der Waals surface area contributed by atoms with E-state index in [0.29, 0.717) is 6.04 Å². The van der Waals surface area contributed by atoms with E-state index >= 15 is 0 Å². The highest BCUT2D eigenvalue weighted by Crippen LogP contribution is 2.22. The Hall–Kier alpha value is -1.03. The molecular weight excluding hydrogens is 300 g/mol. The van der Waals surface area contributed by atoms with Gasteiger partial charge in [0.05, 0.1) is 4.34 Å². The molecule has 0 amide bonds. The van der Waals surface area contributed by atoms with E-state index in [4.69, 9.17) is 11.6 Å². The van der Waals surface area contributed by atoms with Crippen LogP contribution in [0.3, 0.4) is 0 Å². The Labute approximate surface area is 135 Å². The zero-order chi connectivity index (χ0) is 14.5. The number of benzene rings is 1. The van der Waals surface area contributed by atoms with Gasteiger partial charge in [-0.1, -0.05) is 29.8 Å². The minimum Gasteiger partial charge on any atom is -0.371 e. The second-order valence-electron chi connectivity index (χ2n) is 5.51. The molecule has 4 heteroatoms. The Balaban J connectivity index is 1.40. The lowest BCUT2D eigenvalue weighted by molar-refractivity contribution is 0.418. The zero-order valence-corrected chi connectivity index (χ0v) is 13.7. The van der Waals surface area contributed by atoms with Crippen LogP contribution in [0.5, 0.6) is 0 Å². The molecule has 1 aliphatic rings. The van der Waals surface area contributed by atoms with Gasteiger partial charge in [-0.25, -0.2) is 0 Å². The molecule has 0 saturated carbocycles. The Morgan fingerprint density at radius 2 is 1.86 bits per heavy atom. The number of anilines is 1. The van der Waals surface area contributed by atoms with E-state index in [1.165, 1.54) is 23.4 Å². The van der Waals surface area contributed by atoms with Crippen LogP contribution in [0.25, 0.3) is 0 Å². The molecule has 0 bridgehead atoms. The third kappa shape index (κ3) is 4.22. The molecular formula is C17H21ClN2S. The van der Waals surface area contributed by atoms with E-state index in [0.717, 1.165) is 30.4 Å². The summed E-state index contributed by atoms with van der Waals surface area (Å²) in [5, 5.41) is 3.69. The van der Waals surface area contributed by atoms with Gasteiger partial charge in [0.1, 0.15) is 0 Å². The lowest BCUT2D eigenvalue weighted by Crippen LogP contribution is -2.43. The highest BCUT2D eigenvalue weighted by molar-refractivity contribution is 7.16. The molecule has 3 rings (SSSR count). The van der Waals surface area contributed by atoms with Crippen molar-refractivity contribution in [2.24, 2.45) is 0 Å². The normalized spacial score (nSPS) is 16.3. The SMILES string of the molecule is Clc1ccc(CCNC2CCN(c3ccccc3)CC2)s1. The summed E-state index contributed by atoms with van der Waals surface area (Å²) in [4.78, 5) is 3.85. The van der Waals surface area contributed by atoms with Gasteiger partial charge in [-0.2, -0.15) is 0 Å². The molecule has 2 heterocycles. The van der Waals surface area contributed by atoms with E-state index < -0.39 is 0 Å². The van der Waals surface area contributed by atoms with Crippen molar-refractivity contribution < 1.29 is 0 Å². The van der Waals surface area contributed by atoms with Crippen molar-refractivity contribution >= 4 is 28.6 Å². The summed E-state index contributed by atoms with van der Waals surface area (Å²) in [7, 11) is 0. The largest absolute Gasteiger partial charge is 0.371 e. The van der Waals surface area contributed by atoms with Gasteiger partial charge in [0, 0.05) is 36.2 Å². The monoisotopic (exact) mass is 320 g/mol. The molecule has 1 fully saturated rings. The zero-order valence-electron chi connectivity index (χ0n) is 12.1. The number of hydrogen-bond acceptors (Lipinski definition) is 3. The summed E-state index contributed by atoms with van der Waals surface area (Å²) >= 11 is 7.64. The minimum atomic E-state index is 0.653. The minimum absolute atomic E-state index is 0.653. The lowest BCUT2D eigenvalue weighted by Gasteiger charge is -2.34. The van der Waals surface area contributed by atoms with Gasteiger partial charge >= 0.3 is 0 Å². The van der Waals surface area contributed by atoms with E-state index in [-0.39, 0.29) is 0 Å². The maximum Gasteiger partial charge on any atom is 0.0931 e. The van der Waals surface area contributed by atoms with Gasteiger partial charge in [0.15, 0.2) is 0 Å². The number of piperidine rings is 1. The first kappa shape index (κ1) is 14.9. The molecule has 21 heavy (non-hydrogen) atoms. The summed E-state index contributed by atoms with van der Waals surface area (Å²) in [5.41, 5.74) is 1.35. The highest BCUT2D eigenvalue weighted by Gasteiger charge is 2.18. The number of halogens is 1. The highest BCUT2D eigenvalue weighted by atomic mass is 35.5. The van der Waals surface area contributed by atoms with Gasteiger partial charge in [-0.15, -0.1) is 11.3 Å². The smallest absolute Gasteiger partial charge is 0.0931 e. The number of hydrogen-bond donors (Lipinski definition) is 1. The van der Waals surface area contributed by atoms with Crippen LogP contribution in [0.4, 0.5) is 5.69 Å². The molecule has 2 nitrogen and oxygen atoms in total. The van der Waals surface area contributed by atoms with Crippen molar-refractivity contribution in [3.63, 3.8) is 0 Å². The molecule has 0 unspecified atom stereocenters. The van der Waals surface area contributed by atoms with E-state index in [1.54, 1.807) is 11.3 Å². The fourth-order valence-corrected chi connectivity index (χ4v) is 3.95. The first-order chi connectivity index (χ1) is 10.3. The van der Waals surface area contributed by atoms with Crippen molar-refractivity contribution in [3.8, 4) is 0 Å². The molecule has 2 aromatic rings. The molecule has 112 valence electrons. The van der Waals surface area contributed by atoms with Gasteiger partial charge in [0.2, 0.25) is 0 Å². The number of nitrogens with one attached hydrogen (secondary N) is 1. The molecule has 1 saturated heterocycles. The van der Waals surface area contributed by atoms with Crippen molar-refractivity contribution in [2.75, 3.05) is 24.5 Å². The Morgan fingerprint density at radius 1 is 1.10 bits per heavy atom. The Bertz CT molecular complexity index is 547. The number of thiophene rings is 1. The Kier molecular flexibility index (Phi) is 5.17. The van der Waals surface area contributed by atoms with Crippen LogP contribution < -0.4 is 10.2 Å². The summed E-state index contributed by atoms with van der Waals surface area (Å²) in [6.07, 6.45) is 3.52. The molecule has 0 spiro atoms. The van der Waals surface area contributed by atoms with Crippen LogP contribution >= 0.6 is 22.9 Å². The van der Waals surface area contributed by atoms with E-state index in [1.807, 2.05) is 6.07 Å². The second kappa shape index (κ2) is 7.30. The average Bonchev–Trinajstić information content (AvgIpc) is 2.94. The second-order valence-corrected chi connectivity index (χ2v) is 7.31. The summed E-state index contributed by atoms with van der Waals surface area (Å²) < 4.78 is 0.890. The number of para-hydroxylation sites is 1. The molecule has 1 aliphatic heterocycles. The molecule has 0 radical (unpaired) electrons. The predicted molar refractivity (Wildman–Crippen MR) is 92.7 cm³/mol. The van der Waals surface area contributed by atoms with Crippen LogP contribution in [0.1, 0.15) is 17.7 Å². The van der Waals surface area contributed by atoms with E-state index in [9.17, 15) is 0 Å². The summed E-state index contributed by atoms with van der Waals surface area (Å²) in [6, 6.07) is 15.5. The van der Waals surface area contributed by atoms with Crippen LogP contribution in [-0.2, 0) is 6.42 Å². The van der Waals surface area contributed by atoms with Gasteiger partial charge < -0.3 is 10.2 Å². The fraction of sp³-hybridized carbons (Fsp3) is 0.412. The first-order valence-electron chi connectivity index (χ1n) is 7.59. The van der Waals surface area contributed by atoms with Crippen molar-refractivity contribution in [1.29, 1.82) is 0 Å². The number of rotatable bonds is 5. The average molecular weight is 321 g/mol. The van der Waals surface area contributed by atoms with Crippen molar-refractivity contribution in [3.05, 3.63) is 51.7 Å². The van der Waals surface area contributed by atoms with Crippen LogP contribution in [0, 0.1) is 0 Å². The molecule has 1 aromatic heterocycles. The fourth-order valence-electron chi connectivity index (χ4n) is 2.87. The number of nitrogens with zero attached hydrogens (tertiary/aromatic N) is 1. The maximum atomic E-state index is 5.95. The third-order valence-electron chi connectivity index (χ3n) is 4.05. The molecule has 0 atom stereocenters. The van der Waals surface area contributed by atoms with Gasteiger partial charge in [-0.3, -0.25) is 0 Å². The maximum absolute atomic E-state index is 5.95. The quantitative estimate of drug-likeness (QED) is 0.888. The lowest BCUT2D eigenvalue weighted by atomic mass is 10.0. The standard InChI is InChI=1S/C17H21ClN2S/c18-17-7-6-16(21-17)8-11-19-14-9-12-20(13-10-14)15-4-2-1-3-5-15/h1-7,14,19H,8-13H2. The van der Waals surface area contributed by atoms with E-state index in [2.05, 4.69) is 46.6 Å². The predicted octanol–water partition coefficient (Wildman–Crippen LogP) is 4.20. The Morgan fingerprint density at radius 3 is 2.52 bits per heavy atom. The van der Waals surface area contributed by atoms with Crippen LogP contribution in [-0.4, -0.2) is 25.7 Å². The van der Waals surface area contributed by atoms with Crippen molar-refractivity contribution in [2.45, 2.75) is 25.3 Å². The molecule has 0 aliphatic carbocycles. The molecule has 1 aromatic carbocycles. The van der Waals surface area contributed by atoms with Crippen molar-refractivity contribution in [1.82, 2.24) is 5.32 Å².